The van der Waals surface area contributed by atoms with Gasteiger partial charge in [-0.05, 0) is 76.9 Å². The minimum Gasteiger partial charge on any atom is -0.456 e. The van der Waals surface area contributed by atoms with Gasteiger partial charge < -0.3 is 9.32 Å². The molecular formula is C49H30N2OS2. The van der Waals surface area contributed by atoms with Gasteiger partial charge in [-0.2, -0.15) is 0 Å². The largest absolute Gasteiger partial charge is 0.456 e. The maximum atomic E-state index is 6.30. The molecule has 0 unspecified atom stereocenters. The lowest BCUT2D eigenvalue weighted by Gasteiger charge is -2.27. The number of benzene rings is 8. The van der Waals surface area contributed by atoms with Crippen LogP contribution in [0.15, 0.2) is 186 Å². The number of nitrogens with zero attached hydrogens (tertiary/aromatic N) is 2. The maximum Gasteiger partial charge on any atom is 0.135 e. The van der Waals surface area contributed by atoms with E-state index in [-0.39, 0.29) is 0 Å². The standard InChI is InChI=1S/C49H30N2OS2/c1-4-13-31(14-5-1)36-25-23-34(29-39(36)32-15-6-2-7-16-32)51(35-24-27-44-40(30-35)37-19-10-11-22-43(37)52-44)42-21-12-20-38-46-45(53-47(38)42)28-26-41-48(46)54-49(50-41)33-17-8-3-9-18-33/h1-30H. The van der Waals surface area contributed by atoms with Crippen molar-refractivity contribution in [3.8, 4) is 32.8 Å². The zero-order chi connectivity index (χ0) is 35.6. The van der Waals surface area contributed by atoms with E-state index in [0.717, 1.165) is 55.1 Å². The van der Waals surface area contributed by atoms with Crippen molar-refractivity contribution in [2.45, 2.75) is 0 Å². The second kappa shape index (κ2) is 12.6. The van der Waals surface area contributed by atoms with Crippen LogP contribution in [0.5, 0.6) is 0 Å². The van der Waals surface area contributed by atoms with E-state index in [9.17, 15) is 0 Å². The summed E-state index contributed by atoms with van der Waals surface area (Å²) in [5.74, 6) is 0. The molecule has 11 aromatic rings. The average molecular weight is 727 g/mol. The third-order valence-electron chi connectivity index (χ3n) is 10.3. The Balaban J connectivity index is 1.18. The molecule has 5 heteroatoms. The highest BCUT2D eigenvalue weighted by Gasteiger charge is 2.22. The van der Waals surface area contributed by atoms with Crippen LogP contribution in [0.4, 0.5) is 17.1 Å². The number of thiophene rings is 1. The van der Waals surface area contributed by atoms with Crippen molar-refractivity contribution in [2.24, 2.45) is 0 Å². The number of hydrogen-bond donors (Lipinski definition) is 0. The van der Waals surface area contributed by atoms with Crippen molar-refractivity contribution < 1.29 is 4.42 Å². The molecule has 3 nitrogen and oxygen atoms in total. The predicted molar refractivity (Wildman–Crippen MR) is 231 cm³/mol. The Kier molecular flexibility index (Phi) is 7.22. The van der Waals surface area contributed by atoms with E-state index >= 15 is 0 Å². The molecule has 0 amide bonds. The molecule has 0 N–H and O–H groups in total. The highest BCUT2D eigenvalue weighted by atomic mass is 32.1. The number of thiazole rings is 1. The Bertz CT molecular complexity index is 3160. The van der Waals surface area contributed by atoms with E-state index < -0.39 is 0 Å². The molecule has 254 valence electrons. The van der Waals surface area contributed by atoms with Crippen LogP contribution in [0.1, 0.15) is 0 Å². The van der Waals surface area contributed by atoms with Gasteiger partial charge in [0.05, 0.1) is 20.6 Å². The van der Waals surface area contributed by atoms with Crippen molar-refractivity contribution in [1.82, 2.24) is 4.98 Å². The molecule has 0 saturated carbocycles. The van der Waals surface area contributed by atoms with Gasteiger partial charge in [0.25, 0.3) is 0 Å². The number of para-hydroxylation sites is 1. The number of fused-ring (bicyclic) bond motifs is 8. The highest BCUT2D eigenvalue weighted by molar-refractivity contribution is 7.28. The second-order valence-corrected chi connectivity index (χ2v) is 15.6. The summed E-state index contributed by atoms with van der Waals surface area (Å²) in [4.78, 5) is 7.53. The van der Waals surface area contributed by atoms with Crippen LogP contribution in [-0.4, -0.2) is 4.98 Å². The first-order valence-corrected chi connectivity index (χ1v) is 19.7. The Morgan fingerprint density at radius 2 is 1.09 bits per heavy atom. The van der Waals surface area contributed by atoms with Crippen molar-refractivity contribution in [1.29, 1.82) is 0 Å². The first-order valence-electron chi connectivity index (χ1n) is 18.0. The molecule has 3 heterocycles. The van der Waals surface area contributed by atoms with E-state index in [1.807, 2.05) is 23.5 Å². The topological polar surface area (TPSA) is 29.3 Å². The van der Waals surface area contributed by atoms with Crippen LogP contribution in [-0.2, 0) is 0 Å². The fourth-order valence-corrected chi connectivity index (χ4v) is 10.2. The normalized spacial score (nSPS) is 11.7. The van der Waals surface area contributed by atoms with Crippen molar-refractivity contribution >= 4 is 92.1 Å². The van der Waals surface area contributed by atoms with E-state index in [2.05, 4.69) is 175 Å². The zero-order valence-corrected chi connectivity index (χ0v) is 30.6. The van der Waals surface area contributed by atoms with Gasteiger partial charge in [-0.1, -0.05) is 127 Å². The monoisotopic (exact) mass is 726 g/mol. The van der Waals surface area contributed by atoms with Gasteiger partial charge in [0.2, 0.25) is 0 Å². The third kappa shape index (κ3) is 5.05. The lowest BCUT2D eigenvalue weighted by molar-refractivity contribution is 0.669. The van der Waals surface area contributed by atoms with Crippen LogP contribution in [0.25, 0.3) is 85.2 Å². The van der Waals surface area contributed by atoms with E-state index in [0.29, 0.717) is 0 Å². The summed E-state index contributed by atoms with van der Waals surface area (Å²) < 4.78 is 10.0. The molecule has 0 saturated heterocycles. The van der Waals surface area contributed by atoms with Gasteiger partial charge in [0.1, 0.15) is 16.2 Å². The quantitative estimate of drug-likeness (QED) is 0.171. The first-order chi connectivity index (χ1) is 26.8. The maximum absolute atomic E-state index is 6.30. The molecule has 54 heavy (non-hydrogen) atoms. The zero-order valence-electron chi connectivity index (χ0n) is 28.9. The SMILES string of the molecule is c1ccc(-c2nc3ccc4sc5c(N(c6ccc(-c7ccccc7)c(-c7ccccc7)c6)c6ccc7oc8ccccc8c7c6)cccc5c4c3s2)cc1. The summed E-state index contributed by atoms with van der Waals surface area (Å²) in [5.41, 5.74) is 12.0. The summed E-state index contributed by atoms with van der Waals surface area (Å²) >= 11 is 3.63. The number of rotatable bonds is 6. The molecule has 0 spiro atoms. The summed E-state index contributed by atoms with van der Waals surface area (Å²) in [6, 6.07) is 64.9. The van der Waals surface area contributed by atoms with Gasteiger partial charge >= 0.3 is 0 Å². The smallest absolute Gasteiger partial charge is 0.135 e. The van der Waals surface area contributed by atoms with Gasteiger partial charge in [0.15, 0.2) is 0 Å². The number of hydrogen-bond acceptors (Lipinski definition) is 5. The first kappa shape index (κ1) is 31.0. The predicted octanol–water partition coefficient (Wildman–Crippen LogP) is 15.0. The average Bonchev–Trinajstić information content (AvgIpc) is 3.96. The molecule has 0 atom stereocenters. The van der Waals surface area contributed by atoms with Crippen molar-refractivity contribution in [3.63, 3.8) is 0 Å². The number of anilines is 3. The summed E-state index contributed by atoms with van der Waals surface area (Å²) in [7, 11) is 0. The van der Waals surface area contributed by atoms with E-state index in [4.69, 9.17) is 9.40 Å². The molecule has 3 aromatic heterocycles. The molecule has 0 aliphatic heterocycles. The van der Waals surface area contributed by atoms with Crippen molar-refractivity contribution in [3.05, 3.63) is 182 Å². The molecule has 0 fully saturated rings. The minimum atomic E-state index is 0.881. The van der Waals surface area contributed by atoms with Crippen LogP contribution < -0.4 is 4.90 Å². The van der Waals surface area contributed by atoms with Gasteiger partial charge in [0, 0.05) is 43.2 Å². The highest BCUT2D eigenvalue weighted by Crippen LogP contribution is 2.49. The van der Waals surface area contributed by atoms with Gasteiger partial charge in [-0.3, -0.25) is 0 Å². The molecule has 0 bridgehead atoms. The number of furan rings is 1. The van der Waals surface area contributed by atoms with Crippen LogP contribution >= 0.6 is 22.7 Å². The molecule has 8 aromatic carbocycles. The molecular weight excluding hydrogens is 697 g/mol. The van der Waals surface area contributed by atoms with Gasteiger partial charge in [-0.25, -0.2) is 4.98 Å². The molecule has 0 radical (unpaired) electrons. The third-order valence-corrected chi connectivity index (χ3v) is 12.6. The van der Waals surface area contributed by atoms with Crippen LogP contribution in [0, 0.1) is 0 Å². The summed E-state index contributed by atoms with van der Waals surface area (Å²) in [6.45, 7) is 0. The molecule has 0 aliphatic carbocycles. The Morgan fingerprint density at radius 1 is 0.444 bits per heavy atom. The summed E-state index contributed by atoms with van der Waals surface area (Å²) in [6.07, 6.45) is 0. The Hall–Kier alpha value is -6.53. The molecule has 11 rings (SSSR count). The van der Waals surface area contributed by atoms with E-state index in [1.165, 1.54) is 47.1 Å². The Morgan fingerprint density at radius 3 is 1.89 bits per heavy atom. The fourth-order valence-electron chi connectivity index (χ4n) is 7.81. The second-order valence-electron chi connectivity index (χ2n) is 13.5. The van der Waals surface area contributed by atoms with Crippen LogP contribution in [0.3, 0.4) is 0 Å². The minimum absolute atomic E-state index is 0.881. The van der Waals surface area contributed by atoms with E-state index in [1.54, 1.807) is 11.3 Å². The lowest BCUT2D eigenvalue weighted by Crippen LogP contribution is -2.10. The van der Waals surface area contributed by atoms with Crippen molar-refractivity contribution in [2.75, 3.05) is 4.90 Å². The van der Waals surface area contributed by atoms with Crippen LogP contribution in [0.2, 0.25) is 0 Å². The molecule has 0 aliphatic rings. The lowest BCUT2D eigenvalue weighted by atomic mass is 9.93. The fraction of sp³-hybridized carbons (Fsp3) is 0. The summed E-state index contributed by atoms with van der Waals surface area (Å²) in [5, 5.41) is 5.77. The number of aromatic nitrogens is 1. The van der Waals surface area contributed by atoms with Gasteiger partial charge in [-0.15, -0.1) is 22.7 Å². The Labute approximate surface area is 319 Å².